The minimum atomic E-state index is 0.685. The van der Waals surface area contributed by atoms with Crippen molar-refractivity contribution in [3.63, 3.8) is 0 Å². The van der Waals surface area contributed by atoms with Gasteiger partial charge in [-0.05, 0) is 25.5 Å². The van der Waals surface area contributed by atoms with Crippen molar-refractivity contribution in [2.24, 2.45) is 5.84 Å². The summed E-state index contributed by atoms with van der Waals surface area (Å²) >= 11 is 0. The lowest BCUT2D eigenvalue weighted by molar-refractivity contribution is 0.289. The summed E-state index contributed by atoms with van der Waals surface area (Å²) in [7, 11) is 0. The average Bonchev–Trinajstić information content (AvgIpc) is 3.19. The van der Waals surface area contributed by atoms with Crippen LogP contribution in [0.3, 0.4) is 0 Å². The summed E-state index contributed by atoms with van der Waals surface area (Å²) in [6, 6.07) is 4.70. The molecule has 1 aliphatic rings. The van der Waals surface area contributed by atoms with Crippen molar-refractivity contribution in [1.29, 1.82) is 0 Å². The van der Waals surface area contributed by atoms with Crippen LogP contribution in [0.4, 0.5) is 11.5 Å². The van der Waals surface area contributed by atoms with E-state index in [0.717, 1.165) is 31.4 Å². The van der Waals surface area contributed by atoms with Crippen LogP contribution in [0.5, 0.6) is 0 Å². The van der Waals surface area contributed by atoms with E-state index in [2.05, 4.69) is 27.6 Å². The lowest BCUT2D eigenvalue weighted by Crippen LogP contribution is -2.30. The largest absolute Gasteiger partial charge is 0.384 e. The summed E-state index contributed by atoms with van der Waals surface area (Å²) in [6.07, 6.45) is 4.48. The van der Waals surface area contributed by atoms with Crippen LogP contribution in [0.25, 0.3) is 0 Å². The molecule has 0 unspecified atom stereocenters. The van der Waals surface area contributed by atoms with E-state index in [-0.39, 0.29) is 0 Å². The molecule has 1 aliphatic carbocycles. The second kappa shape index (κ2) is 5.84. The highest BCUT2D eigenvalue weighted by Crippen LogP contribution is 2.26. The quantitative estimate of drug-likeness (QED) is 0.490. The highest BCUT2D eigenvalue weighted by molar-refractivity contribution is 5.51. The summed E-state index contributed by atoms with van der Waals surface area (Å²) < 4.78 is 0. The van der Waals surface area contributed by atoms with Gasteiger partial charge in [0.1, 0.15) is 5.82 Å². The first-order chi connectivity index (χ1) is 8.33. The first kappa shape index (κ1) is 12.1. The van der Waals surface area contributed by atoms with Crippen molar-refractivity contribution in [1.82, 2.24) is 9.88 Å². The van der Waals surface area contributed by atoms with E-state index in [1.165, 1.54) is 12.8 Å². The molecule has 0 amide bonds. The lowest BCUT2D eigenvalue weighted by atomic mass is 10.3. The van der Waals surface area contributed by atoms with Crippen LogP contribution in [-0.2, 0) is 0 Å². The van der Waals surface area contributed by atoms with Gasteiger partial charge in [0, 0.05) is 37.1 Å². The minimum Gasteiger partial charge on any atom is -0.384 e. The Morgan fingerprint density at radius 2 is 2.35 bits per heavy atom. The monoisotopic (exact) mass is 235 g/mol. The first-order valence-electron chi connectivity index (χ1n) is 6.24. The third-order valence-corrected chi connectivity index (χ3v) is 3.11. The molecule has 94 valence electrons. The van der Waals surface area contributed by atoms with E-state index in [1.807, 2.05) is 12.1 Å². The number of aromatic nitrogens is 1. The maximum atomic E-state index is 5.32. The second-order valence-electron chi connectivity index (χ2n) is 4.36. The molecule has 1 fully saturated rings. The van der Waals surface area contributed by atoms with Crippen LogP contribution >= 0.6 is 0 Å². The van der Waals surface area contributed by atoms with Gasteiger partial charge in [0.15, 0.2) is 0 Å². The van der Waals surface area contributed by atoms with Crippen LogP contribution in [0, 0.1) is 0 Å². The van der Waals surface area contributed by atoms with Crippen molar-refractivity contribution in [2.45, 2.75) is 25.8 Å². The van der Waals surface area contributed by atoms with Crippen molar-refractivity contribution in [3.8, 4) is 0 Å². The fourth-order valence-corrected chi connectivity index (χ4v) is 2.00. The zero-order valence-corrected chi connectivity index (χ0v) is 10.3. The molecule has 17 heavy (non-hydrogen) atoms. The molecule has 1 aromatic rings. The van der Waals surface area contributed by atoms with Gasteiger partial charge >= 0.3 is 0 Å². The average molecular weight is 235 g/mol. The molecule has 2 rings (SSSR count). The number of nitrogens with one attached hydrogen (secondary N) is 2. The Hall–Kier alpha value is -1.33. The van der Waals surface area contributed by atoms with E-state index in [9.17, 15) is 0 Å². The highest BCUT2D eigenvalue weighted by atomic mass is 15.2. The number of rotatable bonds is 7. The molecule has 1 aromatic heterocycles. The Kier molecular flexibility index (Phi) is 4.17. The summed E-state index contributed by atoms with van der Waals surface area (Å²) in [5.41, 5.74) is 3.60. The molecule has 4 N–H and O–H groups in total. The van der Waals surface area contributed by atoms with Crippen LogP contribution in [0.2, 0.25) is 0 Å². The molecule has 1 heterocycles. The Morgan fingerprint density at radius 3 is 3.00 bits per heavy atom. The number of hydrazine groups is 1. The topological polar surface area (TPSA) is 66.2 Å². The van der Waals surface area contributed by atoms with Gasteiger partial charge in [0.05, 0.1) is 0 Å². The molecule has 5 heteroatoms. The predicted octanol–water partition coefficient (Wildman–Crippen LogP) is 1.26. The molecular formula is C12H21N5. The van der Waals surface area contributed by atoms with Crippen LogP contribution in [0.15, 0.2) is 18.3 Å². The highest BCUT2D eigenvalue weighted by Gasteiger charge is 2.26. The number of hydrogen-bond donors (Lipinski definition) is 3. The summed E-state index contributed by atoms with van der Waals surface area (Å²) in [5, 5.41) is 3.39. The van der Waals surface area contributed by atoms with Gasteiger partial charge in [-0.25, -0.2) is 10.8 Å². The molecule has 0 spiro atoms. The van der Waals surface area contributed by atoms with Crippen molar-refractivity contribution < 1.29 is 0 Å². The Balaban J connectivity index is 1.76. The predicted molar refractivity (Wildman–Crippen MR) is 70.8 cm³/mol. The van der Waals surface area contributed by atoms with Crippen LogP contribution in [-0.4, -0.2) is 35.6 Å². The molecule has 0 aliphatic heterocycles. The zero-order valence-electron chi connectivity index (χ0n) is 10.3. The molecule has 0 atom stereocenters. The maximum Gasteiger partial charge on any atom is 0.141 e. The van der Waals surface area contributed by atoms with Gasteiger partial charge in [0.25, 0.3) is 0 Å². The van der Waals surface area contributed by atoms with Gasteiger partial charge in [-0.15, -0.1) is 0 Å². The van der Waals surface area contributed by atoms with E-state index >= 15 is 0 Å². The van der Waals surface area contributed by atoms with Crippen molar-refractivity contribution >= 4 is 11.5 Å². The smallest absolute Gasteiger partial charge is 0.141 e. The standard InChI is InChI=1S/C12H21N5/c1-2-17(11-3-4-11)8-7-14-10-5-6-15-12(9-10)16-13/h5-6,9,11H,2-4,7-8,13H2,1H3,(H2,14,15,16). The van der Waals surface area contributed by atoms with Crippen molar-refractivity contribution in [2.75, 3.05) is 30.4 Å². The molecule has 0 aromatic carbocycles. The summed E-state index contributed by atoms with van der Waals surface area (Å²) in [5.74, 6) is 6.00. The Morgan fingerprint density at radius 1 is 1.53 bits per heavy atom. The molecule has 1 saturated carbocycles. The third kappa shape index (κ3) is 3.57. The molecular weight excluding hydrogens is 214 g/mol. The molecule has 0 bridgehead atoms. The van der Waals surface area contributed by atoms with E-state index in [0.29, 0.717) is 5.82 Å². The van der Waals surface area contributed by atoms with Gasteiger partial charge in [-0.1, -0.05) is 6.92 Å². The molecule has 5 nitrogen and oxygen atoms in total. The van der Waals surface area contributed by atoms with E-state index in [1.54, 1.807) is 6.20 Å². The number of pyridine rings is 1. The third-order valence-electron chi connectivity index (χ3n) is 3.11. The zero-order chi connectivity index (χ0) is 12.1. The lowest BCUT2D eigenvalue weighted by Gasteiger charge is -2.20. The van der Waals surface area contributed by atoms with Gasteiger partial charge in [0.2, 0.25) is 0 Å². The number of nitrogens with zero attached hydrogens (tertiary/aromatic N) is 2. The van der Waals surface area contributed by atoms with Gasteiger partial charge < -0.3 is 10.7 Å². The number of nitrogens with two attached hydrogens (primary N) is 1. The van der Waals surface area contributed by atoms with Crippen LogP contribution in [0.1, 0.15) is 19.8 Å². The number of likely N-dealkylation sites (N-methyl/N-ethyl adjacent to an activating group) is 1. The number of anilines is 2. The van der Waals surface area contributed by atoms with Gasteiger partial charge in [-0.2, -0.15) is 0 Å². The Labute approximate surface area is 102 Å². The summed E-state index contributed by atoms with van der Waals surface area (Å²) in [6.45, 7) is 5.41. The van der Waals surface area contributed by atoms with E-state index in [4.69, 9.17) is 5.84 Å². The normalized spacial score (nSPS) is 15.0. The van der Waals surface area contributed by atoms with E-state index < -0.39 is 0 Å². The maximum absolute atomic E-state index is 5.32. The van der Waals surface area contributed by atoms with Gasteiger partial charge in [-0.3, -0.25) is 4.90 Å². The summed E-state index contributed by atoms with van der Waals surface area (Å²) in [4.78, 5) is 6.59. The molecule has 0 radical (unpaired) electrons. The van der Waals surface area contributed by atoms with Crippen molar-refractivity contribution in [3.05, 3.63) is 18.3 Å². The van der Waals surface area contributed by atoms with Crippen LogP contribution < -0.4 is 16.6 Å². The number of nitrogen functional groups attached to an aromatic ring is 1. The Bertz CT molecular complexity index is 351. The molecule has 0 saturated heterocycles. The fraction of sp³-hybridized carbons (Fsp3) is 0.583. The second-order valence-corrected chi connectivity index (χ2v) is 4.36. The minimum absolute atomic E-state index is 0.685. The SMILES string of the molecule is CCN(CCNc1ccnc(NN)c1)C1CC1. The first-order valence-corrected chi connectivity index (χ1v) is 6.24. The fourth-order valence-electron chi connectivity index (χ4n) is 2.00. The number of hydrogen-bond acceptors (Lipinski definition) is 5.